The maximum atomic E-state index is 12.0. The predicted octanol–water partition coefficient (Wildman–Crippen LogP) is 3.16. The van der Waals surface area contributed by atoms with E-state index < -0.39 is 0 Å². The fourth-order valence-corrected chi connectivity index (χ4v) is 2.57. The van der Waals surface area contributed by atoms with E-state index in [4.69, 9.17) is 0 Å². The van der Waals surface area contributed by atoms with Crippen molar-refractivity contribution in [1.29, 1.82) is 0 Å². The second-order valence-corrected chi connectivity index (χ2v) is 5.05. The van der Waals surface area contributed by atoms with Gasteiger partial charge in [0.1, 0.15) is 5.82 Å². The van der Waals surface area contributed by atoms with Crippen molar-refractivity contribution in [3.8, 4) is 11.4 Å². The molecule has 18 heavy (non-hydrogen) atoms. The highest BCUT2D eigenvalue weighted by Crippen LogP contribution is 2.25. The average molecular weight is 303 g/mol. The third-order valence-electron chi connectivity index (χ3n) is 3.00. The van der Waals surface area contributed by atoms with E-state index in [0.29, 0.717) is 11.4 Å². The molecule has 1 aromatic carbocycles. The first kappa shape index (κ1) is 11.4. The Labute approximate surface area is 113 Å². The number of hydrogen-bond acceptors (Lipinski definition) is 2. The van der Waals surface area contributed by atoms with Gasteiger partial charge in [0.05, 0.1) is 11.3 Å². The van der Waals surface area contributed by atoms with Crippen molar-refractivity contribution in [1.82, 2.24) is 9.97 Å². The molecule has 1 aliphatic rings. The Kier molecular flexibility index (Phi) is 2.88. The molecule has 0 unspecified atom stereocenters. The van der Waals surface area contributed by atoms with Crippen molar-refractivity contribution in [2.45, 2.75) is 12.8 Å². The maximum Gasteiger partial charge on any atom is 0.258 e. The van der Waals surface area contributed by atoms with Crippen LogP contribution in [0, 0.1) is 0 Å². The molecule has 3 rings (SSSR count). The topological polar surface area (TPSA) is 45.8 Å². The highest BCUT2D eigenvalue weighted by Gasteiger charge is 2.13. The summed E-state index contributed by atoms with van der Waals surface area (Å²) >= 11 is 3.48. The molecule has 90 valence electrons. The van der Waals surface area contributed by atoms with Gasteiger partial charge in [-0.2, -0.15) is 0 Å². The molecule has 1 N–H and O–H groups in total. The molecule has 0 spiro atoms. The summed E-state index contributed by atoms with van der Waals surface area (Å²) < 4.78 is 0.930. The maximum absolute atomic E-state index is 12.0. The van der Waals surface area contributed by atoms with Crippen molar-refractivity contribution < 1.29 is 0 Å². The molecule has 0 aliphatic heterocycles. The third-order valence-corrected chi connectivity index (χ3v) is 3.69. The molecular weight excluding hydrogens is 292 g/mol. The largest absolute Gasteiger partial charge is 0.306 e. The van der Waals surface area contributed by atoms with Crippen LogP contribution in [0.25, 0.3) is 17.5 Å². The van der Waals surface area contributed by atoms with Crippen molar-refractivity contribution in [3.63, 3.8) is 0 Å². The lowest BCUT2D eigenvalue weighted by Gasteiger charge is -2.11. The molecule has 0 saturated heterocycles. The standard InChI is InChI=1S/C14H11BrN2O/c15-11-7-3-1-5-9(11)13-16-12-8-4-2-6-10(12)14(18)17-13/h1-3,5-7H,4,8H2,(H,16,17,18). The van der Waals surface area contributed by atoms with E-state index in [0.717, 1.165) is 28.6 Å². The lowest BCUT2D eigenvalue weighted by molar-refractivity contribution is 0.901. The molecule has 4 heteroatoms. The molecule has 0 amide bonds. The molecule has 2 aromatic rings. The fourth-order valence-electron chi connectivity index (χ4n) is 2.09. The van der Waals surface area contributed by atoms with Gasteiger partial charge < -0.3 is 4.98 Å². The average Bonchev–Trinajstić information content (AvgIpc) is 2.39. The summed E-state index contributed by atoms with van der Waals surface area (Å²) in [6, 6.07) is 7.74. The van der Waals surface area contributed by atoms with E-state index in [1.165, 1.54) is 0 Å². The first-order valence-electron chi connectivity index (χ1n) is 5.80. The number of fused-ring (bicyclic) bond motifs is 1. The van der Waals surface area contributed by atoms with Crippen molar-refractivity contribution in [2.24, 2.45) is 0 Å². The number of halogens is 1. The monoisotopic (exact) mass is 302 g/mol. The van der Waals surface area contributed by atoms with Crippen LogP contribution < -0.4 is 5.56 Å². The van der Waals surface area contributed by atoms with E-state index in [-0.39, 0.29) is 5.56 Å². The van der Waals surface area contributed by atoms with Gasteiger partial charge in [0.25, 0.3) is 5.56 Å². The molecular formula is C14H11BrN2O. The molecule has 0 radical (unpaired) electrons. The number of nitrogens with one attached hydrogen (secondary N) is 1. The van der Waals surface area contributed by atoms with Crippen LogP contribution in [0.4, 0.5) is 0 Å². The number of aryl methyl sites for hydroxylation is 1. The minimum absolute atomic E-state index is 0.0679. The van der Waals surface area contributed by atoms with Gasteiger partial charge in [-0.15, -0.1) is 0 Å². The summed E-state index contributed by atoms with van der Waals surface area (Å²) in [6.45, 7) is 0. The van der Waals surface area contributed by atoms with Crippen LogP contribution >= 0.6 is 15.9 Å². The zero-order valence-corrected chi connectivity index (χ0v) is 11.2. The van der Waals surface area contributed by atoms with Gasteiger partial charge in [-0.1, -0.05) is 46.3 Å². The van der Waals surface area contributed by atoms with E-state index in [2.05, 4.69) is 25.9 Å². The van der Waals surface area contributed by atoms with Gasteiger partial charge in [0, 0.05) is 10.0 Å². The number of rotatable bonds is 1. The van der Waals surface area contributed by atoms with E-state index in [1.54, 1.807) is 0 Å². The Morgan fingerprint density at radius 2 is 2.11 bits per heavy atom. The van der Waals surface area contributed by atoms with E-state index in [1.807, 2.05) is 36.4 Å². The number of H-pyrrole nitrogens is 1. The van der Waals surface area contributed by atoms with Gasteiger partial charge in [0.2, 0.25) is 0 Å². The quantitative estimate of drug-likeness (QED) is 0.879. The van der Waals surface area contributed by atoms with Crippen LogP contribution in [0.5, 0.6) is 0 Å². The highest BCUT2D eigenvalue weighted by molar-refractivity contribution is 9.10. The zero-order valence-electron chi connectivity index (χ0n) is 9.61. The normalized spacial score (nSPS) is 13.4. The van der Waals surface area contributed by atoms with Gasteiger partial charge in [-0.25, -0.2) is 4.98 Å². The highest BCUT2D eigenvalue weighted by atomic mass is 79.9. The molecule has 1 aliphatic carbocycles. The Balaban J connectivity index is 2.21. The molecule has 0 atom stereocenters. The second kappa shape index (κ2) is 4.53. The molecule has 1 aromatic heterocycles. The fraction of sp³-hybridized carbons (Fsp3) is 0.143. The number of nitrogens with zero attached hydrogens (tertiary/aromatic N) is 1. The van der Waals surface area contributed by atoms with Crippen LogP contribution in [-0.2, 0) is 6.42 Å². The van der Waals surface area contributed by atoms with Crippen LogP contribution in [-0.4, -0.2) is 9.97 Å². The summed E-state index contributed by atoms with van der Waals surface area (Å²) in [5.74, 6) is 0.626. The lowest BCUT2D eigenvalue weighted by Crippen LogP contribution is -2.17. The Morgan fingerprint density at radius 3 is 2.94 bits per heavy atom. The van der Waals surface area contributed by atoms with Gasteiger partial charge in [0.15, 0.2) is 0 Å². The Morgan fingerprint density at radius 1 is 1.28 bits per heavy atom. The molecule has 1 heterocycles. The summed E-state index contributed by atoms with van der Waals surface area (Å²) in [4.78, 5) is 19.4. The summed E-state index contributed by atoms with van der Waals surface area (Å²) in [5, 5.41) is 0. The molecule has 0 fully saturated rings. The van der Waals surface area contributed by atoms with Gasteiger partial charge >= 0.3 is 0 Å². The first-order valence-corrected chi connectivity index (χ1v) is 6.59. The first-order chi connectivity index (χ1) is 8.75. The molecule has 0 bridgehead atoms. The number of benzene rings is 1. The number of aromatic nitrogens is 2. The predicted molar refractivity (Wildman–Crippen MR) is 75.3 cm³/mol. The van der Waals surface area contributed by atoms with Crippen LogP contribution in [0.3, 0.4) is 0 Å². The summed E-state index contributed by atoms with van der Waals surface area (Å²) in [6.07, 6.45) is 5.64. The van der Waals surface area contributed by atoms with Crippen molar-refractivity contribution in [3.05, 3.63) is 56.4 Å². The Bertz CT molecular complexity index is 688. The van der Waals surface area contributed by atoms with Crippen LogP contribution in [0.1, 0.15) is 17.7 Å². The van der Waals surface area contributed by atoms with Crippen LogP contribution in [0.15, 0.2) is 39.6 Å². The smallest absolute Gasteiger partial charge is 0.258 e. The summed E-state index contributed by atoms with van der Waals surface area (Å²) in [5.41, 5.74) is 2.41. The van der Waals surface area contributed by atoms with E-state index >= 15 is 0 Å². The zero-order chi connectivity index (χ0) is 12.5. The third kappa shape index (κ3) is 1.93. The minimum atomic E-state index is -0.0679. The lowest BCUT2D eigenvalue weighted by atomic mass is 10.0. The number of aromatic amines is 1. The van der Waals surface area contributed by atoms with Gasteiger partial charge in [-0.05, 0) is 18.9 Å². The van der Waals surface area contributed by atoms with Crippen molar-refractivity contribution in [2.75, 3.05) is 0 Å². The second-order valence-electron chi connectivity index (χ2n) is 4.20. The van der Waals surface area contributed by atoms with Crippen molar-refractivity contribution >= 4 is 22.0 Å². The van der Waals surface area contributed by atoms with E-state index in [9.17, 15) is 4.79 Å². The van der Waals surface area contributed by atoms with Crippen LogP contribution in [0.2, 0.25) is 0 Å². The number of hydrogen-bond donors (Lipinski definition) is 1. The molecule has 0 saturated carbocycles. The number of allylic oxidation sites excluding steroid dienone is 1. The SMILES string of the molecule is O=c1[nH]c(-c2ccccc2Br)nc2c1C=CCC2. The molecule has 3 nitrogen and oxygen atoms in total. The Hall–Kier alpha value is -1.68. The van der Waals surface area contributed by atoms with Gasteiger partial charge in [-0.3, -0.25) is 4.79 Å². The minimum Gasteiger partial charge on any atom is -0.306 e. The summed E-state index contributed by atoms with van der Waals surface area (Å²) in [7, 11) is 0.